The molecular weight excluding hydrogens is 727 g/mol. The Bertz CT molecular complexity index is 3580. The molecule has 280 valence electrons. The third kappa shape index (κ3) is 5.65. The summed E-state index contributed by atoms with van der Waals surface area (Å²) < 4.78 is 6.26. The Labute approximate surface area is 347 Å². The largest absolute Gasteiger partial charge is 0.456 e. The molecule has 0 radical (unpaired) electrons. The van der Waals surface area contributed by atoms with Gasteiger partial charge in [-0.2, -0.15) is 0 Å². The van der Waals surface area contributed by atoms with Gasteiger partial charge in [0.1, 0.15) is 11.2 Å². The average Bonchev–Trinajstić information content (AvgIpc) is 3.70. The standard InChI is InChI=1S/C58H37NO/c1-2-10-38(11-3-1)44-13-8-14-45(36-44)39-24-29-46(30-25-39)59(48-33-35-56-54(37-48)52-16-6-7-19-55(52)60-56)47-31-26-41(27-32-47)49-17-9-18-53-51(49)34-28-43-23-22-42-21-20-40-12-4-5-15-50(40)57(42)58(43)53/h1-37H. The molecule has 11 aromatic carbocycles. The van der Waals surface area contributed by atoms with Crippen LogP contribution in [0.3, 0.4) is 0 Å². The molecule has 0 saturated heterocycles. The Morgan fingerprint density at radius 2 is 0.800 bits per heavy atom. The van der Waals surface area contributed by atoms with E-state index >= 15 is 0 Å². The summed E-state index contributed by atoms with van der Waals surface area (Å²) in [4.78, 5) is 2.35. The smallest absolute Gasteiger partial charge is 0.135 e. The molecule has 0 fully saturated rings. The summed E-state index contributed by atoms with van der Waals surface area (Å²) >= 11 is 0. The van der Waals surface area contributed by atoms with Crippen molar-refractivity contribution in [3.05, 3.63) is 224 Å². The third-order valence-electron chi connectivity index (χ3n) is 12.2. The summed E-state index contributed by atoms with van der Waals surface area (Å²) in [5.74, 6) is 0. The lowest BCUT2D eigenvalue weighted by Gasteiger charge is -2.26. The lowest BCUT2D eigenvalue weighted by Crippen LogP contribution is -2.09. The maximum Gasteiger partial charge on any atom is 0.135 e. The number of nitrogens with zero attached hydrogens (tertiary/aromatic N) is 1. The van der Waals surface area contributed by atoms with Gasteiger partial charge in [-0.3, -0.25) is 0 Å². The molecule has 0 N–H and O–H groups in total. The Morgan fingerprint density at radius 1 is 0.267 bits per heavy atom. The highest BCUT2D eigenvalue weighted by Gasteiger charge is 2.17. The van der Waals surface area contributed by atoms with Gasteiger partial charge in [0.15, 0.2) is 0 Å². The first-order valence-corrected chi connectivity index (χ1v) is 20.6. The molecule has 0 amide bonds. The number of anilines is 3. The molecule has 1 heterocycles. The van der Waals surface area contributed by atoms with Crippen LogP contribution in [0.5, 0.6) is 0 Å². The number of furan rings is 1. The van der Waals surface area contributed by atoms with Crippen molar-refractivity contribution < 1.29 is 4.42 Å². The number of hydrogen-bond acceptors (Lipinski definition) is 2. The molecule has 2 heteroatoms. The lowest BCUT2D eigenvalue weighted by atomic mass is 9.90. The molecule has 12 aromatic rings. The zero-order valence-corrected chi connectivity index (χ0v) is 32.7. The second-order valence-electron chi connectivity index (χ2n) is 15.7. The molecule has 0 unspecified atom stereocenters. The van der Waals surface area contributed by atoms with Crippen molar-refractivity contribution >= 4 is 82.1 Å². The summed E-state index contributed by atoms with van der Waals surface area (Å²) in [6.07, 6.45) is 0. The molecule has 0 aliphatic rings. The summed E-state index contributed by atoms with van der Waals surface area (Å²) in [6, 6.07) is 81.3. The maximum atomic E-state index is 6.26. The number of benzene rings is 11. The van der Waals surface area contributed by atoms with Gasteiger partial charge in [-0.15, -0.1) is 0 Å². The van der Waals surface area contributed by atoms with E-state index in [4.69, 9.17) is 4.42 Å². The molecule has 0 aliphatic carbocycles. The fourth-order valence-corrected chi connectivity index (χ4v) is 9.33. The minimum absolute atomic E-state index is 0.883. The van der Waals surface area contributed by atoms with Crippen LogP contribution in [0.2, 0.25) is 0 Å². The predicted molar refractivity (Wildman–Crippen MR) is 255 cm³/mol. The van der Waals surface area contributed by atoms with E-state index in [1.165, 1.54) is 76.5 Å². The predicted octanol–water partition coefficient (Wildman–Crippen LogP) is 16.7. The number of fused-ring (bicyclic) bond motifs is 10. The Kier molecular flexibility index (Phi) is 7.89. The van der Waals surface area contributed by atoms with Gasteiger partial charge < -0.3 is 9.32 Å². The molecule has 0 atom stereocenters. The first-order chi connectivity index (χ1) is 29.7. The molecular formula is C58H37NO. The fraction of sp³-hybridized carbons (Fsp3) is 0. The van der Waals surface area contributed by atoms with Crippen LogP contribution in [0.25, 0.3) is 98.4 Å². The second-order valence-corrected chi connectivity index (χ2v) is 15.7. The summed E-state index contributed by atoms with van der Waals surface area (Å²) in [7, 11) is 0. The highest BCUT2D eigenvalue weighted by Crippen LogP contribution is 2.42. The van der Waals surface area contributed by atoms with Crippen LogP contribution in [0, 0.1) is 0 Å². The fourth-order valence-electron chi connectivity index (χ4n) is 9.33. The van der Waals surface area contributed by atoms with Crippen LogP contribution in [-0.2, 0) is 0 Å². The van der Waals surface area contributed by atoms with Crippen LogP contribution in [0.15, 0.2) is 229 Å². The minimum Gasteiger partial charge on any atom is -0.456 e. The van der Waals surface area contributed by atoms with E-state index in [0.717, 1.165) is 39.0 Å². The molecule has 60 heavy (non-hydrogen) atoms. The molecule has 0 saturated carbocycles. The van der Waals surface area contributed by atoms with Gasteiger partial charge in [-0.25, -0.2) is 0 Å². The quantitative estimate of drug-likeness (QED) is 0.157. The average molecular weight is 764 g/mol. The van der Waals surface area contributed by atoms with Crippen LogP contribution >= 0.6 is 0 Å². The van der Waals surface area contributed by atoms with Gasteiger partial charge in [0, 0.05) is 27.8 Å². The van der Waals surface area contributed by atoms with Gasteiger partial charge >= 0.3 is 0 Å². The maximum absolute atomic E-state index is 6.26. The minimum atomic E-state index is 0.883. The van der Waals surface area contributed by atoms with Gasteiger partial charge in [0.05, 0.1) is 0 Å². The van der Waals surface area contributed by atoms with Crippen molar-refractivity contribution in [2.45, 2.75) is 0 Å². The zero-order valence-electron chi connectivity index (χ0n) is 32.7. The molecule has 0 aliphatic heterocycles. The summed E-state index contributed by atoms with van der Waals surface area (Å²) in [5.41, 5.74) is 12.2. The highest BCUT2D eigenvalue weighted by atomic mass is 16.3. The number of rotatable bonds is 6. The van der Waals surface area contributed by atoms with Gasteiger partial charge in [0.25, 0.3) is 0 Å². The second kappa shape index (κ2) is 13.9. The monoisotopic (exact) mass is 763 g/mol. The Morgan fingerprint density at radius 3 is 1.57 bits per heavy atom. The van der Waals surface area contributed by atoms with Crippen molar-refractivity contribution in [1.29, 1.82) is 0 Å². The SMILES string of the molecule is c1ccc(-c2cccc(-c3ccc(N(c4ccc(-c5cccc6c5ccc5ccc7ccc8ccccc8c7c56)cc4)c4ccc5oc6ccccc6c5c4)cc3)c2)cc1. The van der Waals surface area contributed by atoms with E-state index in [0.29, 0.717) is 0 Å². The van der Waals surface area contributed by atoms with E-state index in [9.17, 15) is 0 Å². The third-order valence-corrected chi connectivity index (χ3v) is 12.2. The van der Waals surface area contributed by atoms with Crippen LogP contribution in [-0.4, -0.2) is 0 Å². The van der Waals surface area contributed by atoms with Gasteiger partial charge in [-0.05, 0) is 131 Å². The van der Waals surface area contributed by atoms with Crippen LogP contribution < -0.4 is 4.90 Å². The first-order valence-electron chi connectivity index (χ1n) is 20.6. The molecule has 12 rings (SSSR count). The van der Waals surface area contributed by atoms with Crippen molar-refractivity contribution in [2.75, 3.05) is 4.90 Å². The van der Waals surface area contributed by atoms with Gasteiger partial charge in [0.2, 0.25) is 0 Å². The molecule has 1 aromatic heterocycles. The van der Waals surface area contributed by atoms with E-state index in [1.54, 1.807) is 0 Å². The van der Waals surface area contributed by atoms with Crippen LogP contribution in [0.1, 0.15) is 0 Å². The van der Waals surface area contributed by atoms with E-state index in [-0.39, 0.29) is 0 Å². The van der Waals surface area contributed by atoms with Crippen molar-refractivity contribution in [1.82, 2.24) is 0 Å². The topological polar surface area (TPSA) is 16.4 Å². The van der Waals surface area contributed by atoms with E-state index < -0.39 is 0 Å². The van der Waals surface area contributed by atoms with Crippen molar-refractivity contribution in [3.8, 4) is 33.4 Å². The Balaban J connectivity index is 0.975. The normalized spacial score (nSPS) is 11.7. The zero-order chi connectivity index (χ0) is 39.6. The number of hydrogen-bond donors (Lipinski definition) is 0. The first kappa shape index (κ1) is 34.1. The van der Waals surface area contributed by atoms with E-state index in [2.05, 4.69) is 217 Å². The Hall–Kier alpha value is -7.94. The summed E-state index contributed by atoms with van der Waals surface area (Å²) in [5, 5.41) is 12.4. The van der Waals surface area contributed by atoms with Crippen molar-refractivity contribution in [2.24, 2.45) is 0 Å². The van der Waals surface area contributed by atoms with Gasteiger partial charge in [-0.1, -0.05) is 170 Å². The number of para-hydroxylation sites is 1. The van der Waals surface area contributed by atoms with Crippen LogP contribution in [0.4, 0.5) is 17.1 Å². The highest BCUT2D eigenvalue weighted by molar-refractivity contribution is 6.28. The molecule has 0 bridgehead atoms. The molecule has 0 spiro atoms. The van der Waals surface area contributed by atoms with Crippen molar-refractivity contribution in [3.63, 3.8) is 0 Å². The lowest BCUT2D eigenvalue weighted by molar-refractivity contribution is 0.669. The van der Waals surface area contributed by atoms with E-state index in [1.807, 2.05) is 12.1 Å². The summed E-state index contributed by atoms with van der Waals surface area (Å²) in [6.45, 7) is 0. The molecule has 2 nitrogen and oxygen atoms in total.